The monoisotopic (exact) mass is 344 g/mol. The van der Waals surface area contributed by atoms with Crippen LogP contribution in [0.4, 0.5) is 13.2 Å². The highest BCUT2D eigenvalue weighted by molar-refractivity contribution is 7.88. The number of halogens is 3. The number of nitrogens with zero attached hydrogens (tertiary/aromatic N) is 3. The van der Waals surface area contributed by atoms with E-state index in [9.17, 15) is 26.4 Å². The summed E-state index contributed by atoms with van der Waals surface area (Å²) in [6.07, 6.45) is -3.87. The minimum Gasteiger partial charge on any atom is -0.344 e. The molecule has 1 aromatic heterocycles. The van der Waals surface area contributed by atoms with Gasteiger partial charge in [0.15, 0.2) is 5.82 Å². The molecular formula is C10H15F3N4O4S. The third-order valence-electron chi connectivity index (χ3n) is 2.52. The van der Waals surface area contributed by atoms with E-state index < -0.39 is 34.0 Å². The highest BCUT2D eigenvalue weighted by atomic mass is 32.2. The van der Waals surface area contributed by atoms with Crippen molar-refractivity contribution in [1.29, 1.82) is 0 Å². The topological polar surface area (TPSA) is 105 Å². The molecule has 1 heterocycles. The number of nitrogens with one attached hydrogen (secondary N) is 1. The first-order valence-corrected chi connectivity index (χ1v) is 7.91. The molecule has 0 aliphatic heterocycles. The third-order valence-corrected chi connectivity index (χ3v) is 3.30. The zero-order valence-corrected chi connectivity index (χ0v) is 12.8. The highest BCUT2D eigenvalue weighted by Gasteiger charge is 2.38. The molecule has 0 saturated heterocycles. The quantitative estimate of drug-likeness (QED) is 0.780. The summed E-state index contributed by atoms with van der Waals surface area (Å²) in [7, 11) is -2.16. The minimum absolute atomic E-state index is 0.00540. The summed E-state index contributed by atoms with van der Waals surface area (Å²) in [6, 6.07) is -0.990. The molecule has 0 aliphatic rings. The Morgan fingerprint density at radius 3 is 2.50 bits per heavy atom. The van der Waals surface area contributed by atoms with Gasteiger partial charge in [0.1, 0.15) is 0 Å². The molecule has 0 aromatic carbocycles. The van der Waals surface area contributed by atoms with Gasteiger partial charge in [0.2, 0.25) is 15.9 Å². The number of hydrogen-bond donors (Lipinski definition) is 1. The summed E-state index contributed by atoms with van der Waals surface area (Å²) < 4.78 is 65.0. The van der Waals surface area contributed by atoms with Crippen molar-refractivity contribution in [2.45, 2.75) is 25.6 Å². The van der Waals surface area contributed by atoms with Crippen molar-refractivity contribution in [3.63, 3.8) is 0 Å². The zero-order valence-electron chi connectivity index (χ0n) is 12.0. The summed E-state index contributed by atoms with van der Waals surface area (Å²) in [5.41, 5.74) is 0. The van der Waals surface area contributed by atoms with Crippen LogP contribution in [0.15, 0.2) is 4.52 Å². The Labute approximate surface area is 124 Å². The van der Waals surface area contributed by atoms with Gasteiger partial charge < -0.3 is 9.42 Å². The lowest BCUT2D eigenvalue weighted by Crippen LogP contribution is -2.45. The average Bonchev–Trinajstić information content (AvgIpc) is 2.81. The van der Waals surface area contributed by atoms with E-state index in [0.29, 0.717) is 0 Å². The Morgan fingerprint density at radius 2 is 2.05 bits per heavy atom. The van der Waals surface area contributed by atoms with Gasteiger partial charge in [-0.3, -0.25) is 4.79 Å². The number of sulfonamides is 1. The Morgan fingerprint density at radius 1 is 1.45 bits per heavy atom. The Kier molecular flexibility index (Phi) is 5.51. The van der Waals surface area contributed by atoms with Crippen LogP contribution in [0.1, 0.15) is 18.6 Å². The number of aromatic nitrogens is 2. The molecule has 1 amide bonds. The van der Waals surface area contributed by atoms with Crippen LogP contribution in [0, 0.1) is 0 Å². The van der Waals surface area contributed by atoms with Gasteiger partial charge in [-0.05, 0) is 6.92 Å². The molecule has 0 unspecified atom stereocenters. The Bertz CT molecular complexity index is 628. The maximum absolute atomic E-state index is 12.3. The molecule has 1 atom stereocenters. The SMILES string of the molecule is C[C@H](NS(C)(=O)=O)C(=O)N(C)CCc1noc(C(F)(F)F)n1. The van der Waals surface area contributed by atoms with Gasteiger partial charge in [0.05, 0.1) is 12.3 Å². The van der Waals surface area contributed by atoms with Crippen molar-refractivity contribution in [3.8, 4) is 0 Å². The average molecular weight is 344 g/mol. The fraction of sp³-hybridized carbons (Fsp3) is 0.700. The lowest BCUT2D eigenvalue weighted by molar-refractivity contribution is -0.159. The molecule has 0 aliphatic carbocycles. The van der Waals surface area contributed by atoms with E-state index in [1.54, 1.807) is 0 Å². The van der Waals surface area contributed by atoms with Crippen molar-refractivity contribution in [1.82, 2.24) is 19.8 Å². The van der Waals surface area contributed by atoms with Crippen LogP contribution in [0.3, 0.4) is 0 Å². The van der Waals surface area contributed by atoms with E-state index in [4.69, 9.17) is 0 Å². The van der Waals surface area contributed by atoms with Gasteiger partial charge in [-0.1, -0.05) is 5.16 Å². The summed E-state index contributed by atoms with van der Waals surface area (Å²) in [6.45, 7) is 1.36. The van der Waals surface area contributed by atoms with Crippen molar-refractivity contribution in [2.24, 2.45) is 0 Å². The number of carbonyl (C=O) groups excluding carboxylic acids is 1. The van der Waals surface area contributed by atoms with Crippen molar-refractivity contribution >= 4 is 15.9 Å². The molecule has 22 heavy (non-hydrogen) atoms. The van der Waals surface area contributed by atoms with Gasteiger partial charge in [0, 0.05) is 20.0 Å². The number of carbonyl (C=O) groups is 1. The normalized spacial score (nSPS) is 13.9. The second-order valence-electron chi connectivity index (χ2n) is 4.64. The summed E-state index contributed by atoms with van der Waals surface area (Å²) in [5.74, 6) is -2.19. The summed E-state index contributed by atoms with van der Waals surface area (Å²) in [4.78, 5) is 16.2. The minimum atomic E-state index is -4.72. The standard InChI is InChI=1S/C10H15F3N4O4S/c1-6(16-22(3,19)20)8(18)17(2)5-4-7-14-9(21-15-7)10(11,12)13/h6,16H,4-5H2,1-3H3/t6-/m0/s1. The predicted molar refractivity (Wildman–Crippen MR) is 68.1 cm³/mol. The van der Waals surface area contributed by atoms with E-state index in [1.807, 2.05) is 0 Å². The zero-order chi connectivity index (χ0) is 17.1. The maximum Gasteiger partial charge on any atom is 0.471 e. The van der Waals surface area contributed by atoms with Crippen molar-refractivity contribution in [2.75, 3.05) is 19.8 Å². The second-order valence-corrected chi connectivity index (χ2v) is 6.42. The molecule has 0 radical (unpaired) electrons. The Balaban J connectivity index is 2.57. The molecule has 1 N–H and O–H groups in total. The second kappa shape index (κ2) is 6.60. The molecule has 0 bridgehead atoms. The first kappa shape index (κ1) is 18.4. The van der Waals surface area contributed by atoms with Crippen LogP contribution < -0.4 is 4.72 Å². The first-order chi connectivity index (χ1) is 9.90. The van der Waals surface area contributed by atoms with E-state index in [-0.39, 0.29) is 18.8 Å². The summed E-state index contributed by atoms with van der Waals surface area (Å²) >= 11 is 0. The summed E-state index contributed by atoms with van der Waals surface area (Å²) in [5, 5.41) is 3.16. The lowest BCUT2D eigenvalue weighted by Gasteiger charge is -2.20. The van der Waals surface area contributed by atoms with Crippen molar-refractivity contribution in [3.05, 3.63) is 11.7 Å². The van der Waals surface area contributed by atoms with Crippen molar-refractivity contribution < 1.29 is 30.9 Å². The molecule has 0 spiro atoms. The molecule has 0 saturated carbocycles. The van der Waals surface area contributed by atoms with Crippen LogP contribution >= 0.6 is 0 Å². The van der Waals surface area contributed by atoms with Crippen LogP contribution in [0.25, 0.3) is 0 Å². The number of hydrogen-bond acceptors (Lipinski definition) is 6. The Hall–Kier alpha value is -1.69. The molecule has 1 rings (SSSR count). The number of amides is 1. The fourth-order valence-electron chi connectivity index (χ4n) is 1.55. The number of rotatable bonds is 6. The van der Waals surface area contributed by atoms with Gasteiger partial charge in [-0.25, -0.2) is 13.1 Å². The third kappa shape index (κ3) is 5.60. The van der Waals surface area contributed by atoms with Crippen LogP contribution in [0.5, 0.6) is 0 Å². The van der Waals surface area contributed by atoms with Gasteiger partial charge in [-0.2, -0.15) is 18.2 Å². The highest BCUT2D eigenvalue weighted by Crippen LogP contribution is 2.27. The van der Waals surface area contributed by atoms with Gasteiger partial charge in [-0.15, -0.1) is 0 Å². The fourth-order valence-corrected chi connectivity index (χ4v) is 2.29. The van der Waals surface area contributed by atoms with Crippen LogP contribution in [-0.2, 0) is 27.4 Å². The molecule has 0 fully saturated rings. The molecule has 12 heteroatoms. The number of alkyl halides is 3. The van der Waals surface area contributed by atoms with Crippen LogP contribution in [0.2, 0.25) is 0 Å². The van der Waals surface area contributed by atoms with E-state index >= 15 is 0 Å². The number of likely N-dealkylation sites (N-methyl/N-ethyl adjacent to an activating group) is 1. The lowest BCUT2D eigenvalue weighted by atomic mass is 10.3. The van der Waals surface area contributed by atoms with E-state index in [1.165, 1.54) is 14.0 Å². The molecule has 1 aromatic rings. The first-order valence-electron chi connectivity index (χ1n) is 6.02. The van der Waals surface area contributed by atoms with Gasteiger partial charge >= 0.3 is 12.1 Å². The maximum atomic E-state index is 12.3. The van der Waals surface area contributed by atoms with E-state index in [2.05, 4.69) is 19.4 Å². The van der Waals surface area contributed by atoms with Crippen LogP contribution in [-0.4, -0.2) is 55.3 Å². The van der Waals surface area contributed by atoms with Gasteiger partial charge in [0.25, 0.3) is 0 Å². The molecule has 126 valence electrons. The van der Waals surface area contributed by atoms with E-state index in [0.717, 1.165) is 11.2 Å². The smallest absolute Gasteiger partial charge is 0.344 e. The largest absolute Gasteiger partial charge is 0.471 e. The molecule has 8 nitrogen and oxygen atoms in total. The predicted octanol–water partition coefficient (Wildman–Crippen LogP) is 0.0270. The molecular weight excluding hydrogens is 329 g/mol.